The van der Waals surface area contributed by atoms with Gasteiger partial charge in [0.1, 0.15) is 19.2 Å². The van der Waals surface area contributed by atoms with Gasteiger partial charge in [-0.15, -0.1) is 0 Å². The molecule has 1 aliphatic carbocycles. The first kappa shape index (κ1) is 18.9. The van der Waals surface area contributed by atoms with Crippen LogP contribution in [-0.4, -0.2) is 55.7 Å². The van der Waals surface area contributed by atoms with Crippen LogP contribution in [0, 0.1) is 0 Å². The van der Waals surface area contributed by atoms with E-state index in [4.69, 9.17) is 14.2 Å². The van der Waals surface area contributed by atoms with Crippen molar-refractivity contribution in [2.45, 2.75) is 63.4 Å². The molecule has 1 spiro atoms. The van der Waals surface area contributed by atoms with E-state index in [1.54, 1.807) is 0 Å². The van der Waals surface area contributed by atoms with Crippen molar-refractivity contribution in [3.05, 3.63) is 35.4 Å². The van der Waals surface area contributed by atoms with Gasteiger partial charge in [0.25, 0.3) is 0 Å². The van der Waals surface area contributed by atoms with Crippen LogP contribution in [0.15, 0.2) is 24.3 Å². The quantitative estimate of drug-likeness (QED) is 0.583. The third-order valence-electron chi connectivity index (χ3n) is 6.53. The Labute approximate surface area is 162 Å². The number of rotatable bonds is 5. The van der Waals surface area contributed by atoms with Gasteiger partial charge >= 0.3 is 5.97 Å². The molecule has 0 radical (unpaired) electrons. The lowest BCUT2D eigenvalue weighted by atomic mass is 9.94. The number of hydrogen-bond donors (Lipinski definition) is 0. The summed E-state index contributed by atoms with van der Waals surface area (Å²) in [6.07, 6.45) is 8.62. The first-order chi connectivity index (χ1) is 13.1. The van der Waals surface area contributed by atoms with E-state index in [1.165, 1.54) is 57.9 Å². The summed E-state index contributed by atoms with van der Waals surface area (Å²) in [5.41, 5.74) is 1.89. The normalized spacial score (nSPS) is 26.3. The Kier molecular flexibility index (Phi) is 5.53. The molecule has 1 aromatic carbocycles. The van der Waals surface area contributed by atoms with E-state index in [2.05, 4.69) is 12.1 Å². The second-order valence-electron chi connectivity index (χ2n) is 8.55. The lowest BCUT2D eigenvalue weighted by molar-refractivity contribution is -0.932. The van der Waals surface area contributed by atoms with Gasteiger partial charge in [0, 0.05) is 31.2 Å². The van der Waals surface area contributed by atoms with Crippen LogP contribution < -0.4 is 0 Å². The van der Waals surface area contributed by atoms with Crippen molar-refractivity contribution in [3.63, 3.8) is 0 Å². The third-order valence-corrected chi connectivity index (χ3v) is 6.53. The Morgan fingerprint density at radius 3 is 2.48 bits per heavy atom. The highest BCUT2D eigenvalue weighted by atomic mass is 16.7. The largest absolute Gasteiger partial charge is 0.465 e. The molecule has 5 heteroatoms. The van der Waals surface area contributed by atoms with Crippen molar-refractivity contribution in [1.82, 2.24) is 0 Å². The number of esters is 1. The van der Waals surface area contributed by atoms with Gasteiger partial charge in [0.15, 0.2) is 5.79 Å². The summed E-state index contributed by atoms with van der Waals surface area (Å²) < 4.78 is 18.5. The number of nitrogens with zero attached hydrogens (tertiary/aromatic N) is 1. The van der Waals surface area contributed by atoms with Gasteiger partial charge in [0.05, 0.1) is 32.4 Å². The SMILES string of the molecule is COC(=O)c1ccc(C[N+]2(C[C@H]3COC4(CCCCC4)O3)CCCC2)cc1. The van der Waals surface area contributed by atoms with Crippen LogP contribution in [0.1, 0.15) is 60.9 Å². The minimum atomic E-state index is -0.283. The lowest BCUT2D eigenvalue weighted by Gasteiger charge is -2.37. The molecule has 0 bridgehead atoms. The molecule has 2 heterocycles. The van der Waals surface area contributed by atoms with Crippen molar-refractivity contribution < 1.29 is 23.5 Å². The molecule has 148 valence electrons. The molecule has 3 fully saturated rings. The minimum absolute atomic E-state index is 0.204. The van der Waals surface area contributed by atoms with Gasteiger partial charge in [-0.3, -0.25) is 0 Å². The maximum absolute atomic E-state index is 11.7. The van der Waals surface area contributed by atoms with Crippen LogP contribution in [0.3, 0.4) is 0 Å². The smallest absolute Gasteiger partial charge is 0.337 e. The van der Waals surface area contributed by atoms with E-state index in [9.17, 15) is 4.79 Å². The van der Waals surface area contributed by atoms with Crippen LogP contribution in [0.4, 0.5) is 0 Å². The van der Waals surface area contributed by atoms with Crippen molar-refractivity contribution in [3.8, 4) is 0 Å². The zero-order chi connectivity index (χ0) is 18.7. The van der Waals surface area contributed by atoms with E-state index in [0.717, 1.165) is 37.0 Å². The van der Waals surface area contributed by atoms with E-state index in [-0.39, 0.29) is 17.9 Å². The number of hydrogen-bond acceptors (Lipinski definition) is 4. The second-order valence-corrected chi connectivity index (χ2v) is 8.55. The summed E-state index contributed by atoms with van der Waals surface area (Å²) in [7, 11) is 1.42. The summed E-state index contributed by atoms with van der Waals surface area (Å²) in [5.74, 6) is -0.560. The van der Waals surface area contributed by atoms with E-state index >= 15 is 0 Å². The van der Waals surface area contributed by atoms with Crippen molar-refractivity contribution in [2.24, 2.45) is 0 Å². The van der Waals surface area contributed by atoms with Crippen LogP contribution in [0.25, 0.3) is 0 Å². The van der Waals surface area contributed by atoms with Crippen LogP contribution in [0.2, 0.25) is 0 Å². The van der Waals surface area contributed by atoms with Crippen LogP contribution >= 0.6 is 0 Å². The van der Waals surface area contributed by atoms with Crippen molar-refractivity contribution in [1.29, 1.82) is 0 Å². The third kappa shape index (κ3) is 4.20. The molecule has 4 rings (SSSR count). The second kappa shape index (κ2) is 7.90. The summed E-state index contributed by atoms with van der Waals surface area (Å²) in [4.78, 5) is 11.7. The van der Waals surface area contributed by atoms with E-state index < -0.39 is 0 Å². The van der Waals surface area contributed by atoms with Crippen LogP contribution in [-0.2, 0) is 20.8 Å². The fourth-order valence-corrected chi connectivity index (χ4v) is 5.15. The molecule has 0 amide bonds. The van der Waals surface area contributed by atoms with Gasteiger partial charge in [-0.25, -0.2) is 4.79 Å². The summed E-state index contributed by atoms with van der Waals surface area (Å²) >= 11 is 0. The number of likely N-dealkylation sites (tertiary alicyclic amines) is 1. The number of carbonyl (C=O) groups is 1. The molecule has 2 aliphatic heterocycles. The summed E-state index contributed by atoms with van der Waals surface area (Å²) in [6.45, 7) is 5.16. The zero-order valence-electron chi connectivity index (χ0n) is 16.5. The van der Waals surface area contributed by atoms with Crippen LogP contribution in [0.5, 0.6) is 0 Å². The fourth-order valence-electron chi connectivity index (χ4n) is 5.15. The molecule has 1 atom stereocenters. The first-order valence-electron chi connectivity index (χ1n) is 10.5. The molecule has 5 nitrogen and oxygen atoms in total. The Morgan fingerprint density at radius 1 is 1.11 bits per heavy atom. The molecule has 3 aliphatic rings. The van der Waals surface area contributed by atoms with Crippen molar-refractivity contribution in [2.75, 3.05) is 33.4 Å². The van der Waals surface area contributed by atoms with E-state index in [0.29, 0.717) is 5.56 Å². The highest BCUT2D eigenvalue weighted by molar-refractivity contribution is 5.89. The minimum Gasteiger partial charge on any atom is -0.465 e. The Hall–Kier alpha value is -1.43. The maximum Gasteiger partial charge on any atom is 0.337 e. The van der Waals surface area contributed by atoms with Gasteiger partial charge in [-0.2, -0.15) is 0 Å². The molecular formula is C22H32NO4+. The molecule has 0 aromatic heterocycles. The average Bonchev–Trinajstić information content (AvgIpc) is 3.30. The number of methoxy groups -OCH3 is 1. The molecule has 0 N–H and O–H groups in total. The molecular weight excluding hydrogens is 342 g/mol. The number of benzene rings is 1. The summed E-state index contributed by atoms with van der Waals surface area (Å²) in [6, 6.07) is 7.89. The number of carbonyl (C=O) groups excluding carboxylic acids is 1. The molecule has 27 heavy (non-hydrogen) atoms. The van der Waals surface area contributed by atoms with Gasteiger partial charge in [-0.1, -0.05) is 18.6 Å². The summed E-state index contributed by atoms with van der Waals surface area (Å²) in [5, 5.41) is 0. The van der Waals surface area contributed by atoms with Gasteiger partial charge < -0.3 is 18.7 Å². The van der Waals surface area contributed by atoms with Gasteiger partial charge in [0.2, 0.25) is 0 Å². The topological polar surface area (TPSA) is 44.8 Å². The molecule has 2 saturated heterocycles. The maximum atomic E-state index is 11.7. The predicted molar refractivity (Wildman–Crippen MR) is 102 cm³/mol. The highest BCUT2D eigenvalue weighted by Gasteiger charge is 2.46. The van der Waals surface area contributed by atoms with Crippen molar-refractivity contribution >= 4 is 5.97 Å². The zero-order valence-corrected chi connectivity index (χ0v) is 16.5. The fraction of sp³-hybridized carbons (Fsp3) is 0.682. The molecule has 0 unspecified atom stereocenters. The van der Waals surface area contributed by atoms with Gasteiger partial charge in [-0.05, 0) is 25.0 Å². The molecule has 1 aromatic rings. The highest BCUT2D eigenvalue weighted by Crippen LogP contribution is 2.39. The lowest BCUT2D eigenvalue weighted by Crippen LogP contribution is -2.50. The standard InChI is InChI=1S/C22H32NO4/c1-25-21(24)19-9-7-18(8-10-19)15-23(13-5-6-14-23)16-20-17-26-22(27-20)11-3-2-4-12-22/h7-10,20H,2-6,11-17H2,1H3/q+1/t20-/m0/s1. The monoisotopic (exact) mass is 374 g/mol. The first-order valence-corrected chi connectivity index (χ1v) is 10.5. The number of ether oxygens (including phenoxy) is 3. The number of quaternary nitrogens is 1. The Morgan fingerprint density at radius 2 is 1.81 bits per heavy atom. The van der Waals surface area contributed by atoms with E-state index in [1.807, 2.05) is 12.1 Å². The Bertz CT molecular complexity index is 645. The molecule has 1 saturated carbocycles. The predicted octanol–water partition coefficient (Wildman–Crippen LogP) is 3.66. The average molecular weight is 375 g/mol. The Balaban J connectivity index is 1.42.